The maximum absolute atomic E-state index is 5.73. The minimum absolute atomic E-state index is 0. The molecule has 0 radical (unpaired) electrons. The predicted octanol–water partition coefficient (Wildman–Crippen LogP) is 3.86. The van der Waals surface area contributed by atoms with Crippen LogP contribution in [0.3, 0.4) is 0 Å². The second-order valence-electron chi connectivity index (χ2n) is 7.76. The molecule has 6 nitrogen and oxygen atoms in total. The first-order chi connectivity index (χ1) is 14.8. The second-order valence-corrected chi connectivity index (χ2v) is 7.76. The zero-order chi connectivity index (χ0) is 21.0. The van der Waals surface area contributed by atoms with Gasteiger partial charge in [-0.1, -0.05) is 25.1 Å². The van der Waals surface area contributed by atoms with Crippen LogP contribution in [0.2, 0.25) is 0 Å². The van der Waals surface area contributed by atoms with Gasteiger partial charge in [0, 0.05) is 45.5 Å². The van der Waals surface area contributed by atoms with Crippen LogP contribution in [0, 0.1) is 0 Å². The fourth-order valence-corrected chi connectivity index (χ4v) is 3.68. The summed E-state index contributed by atoms with van der Waals surface area (Å²) in [6.45, 7) is 6.82. The Morgan fingerprint density at radius 3 is 2.74 bits per heavy atom. The van der Waals surface area contributed by atoms with Gasteiger partial charge < -0.3 is 15.4 Å². The number of pyridine rings is 1. The van der Waals surface area contributed by atoms with Gasteiger partial charge in [-0.15, -0.1) is 24.0 Å². The number of aromatic nitrogens is 1. The minimum Gasteiger partial charge on any atom is -0.494 e. The third kappa shape index (κ3) is 9.03. The maximum atomic E-state index is 5.73. The van der Waals surface area contributed by atoms with Crippen molar-refractivity contribution >= 4 is 29.9 Å². The van der Waals surface area contributed by atoms with E-state index >= 15 is 0 Å². The maximum Gasteiger partial charge on any atom is 0.191 e. The summed E-state index contributed by atoms with van der Waals surface area (Å²) in [5, 5.41) is 7.04. The van der Waals surface area contributed by atoms with E-state index < -0.39 is 0 Å². The number of hydrogen-bond acceptors (Lipinski definition) is 4. The van der Waals surface area contributed by atoms with Crippen LogP contribution in [0.15, 0.2) is 53.7 Å². The molecule has 7 heteroatoms. The van der Waals surface area contributed by atoms with Gasteiger partial charge in [0.05, 0.1) is 12.3 Å². The molecule has 1 saturated heterocycles. The third-order valence-electron chi connectivity index (χ3n) is 5.34. The molecular weight excluding hydrogens is 501 g/mol. The van der Waals surface area contributed by atoms with E-state index in [9.17, 15) is 0 Å². The molecular formula is C24H36IN5O. The van der Waals surface area contributed by atoms with Gasteiger partial charge in [-0.3, -0.25) is 14.9 Å². The molecule has 170 valence electrons. The van der Waals surface area contributed by atoms with Crippen molar-refractivity contribution in [3.05, 3.63) is 59.9 Å². The molecule has 0 amide bonds. The molecule has 1 aromatic heterocycles. The summed E-state index contributed by atoms with van der Waals surface area (Å²) in [5.41, 5.74) is 2.42. The van der Waals surface area contributed by atoms with E-state index in [1.165, 1.54) is 5.56 Å². The molecule has 2 heterocycles. The highest BCUT2D eigenvalue weighted by atomic mass is 127. The molecule has 31 heavy (non-hydrogen) atoms. The molecule has 0 saturated carbocycles. The number of benzene rings is 1. The Bertz CT molecular complexity index is 779. The zero-order valence-electron chi connectivity index (χ0n) is 18.7. The molecule has 1 aromatic carbocycles. The fraction of sp³-hybridized carbons (Fsp3) is 0.500. The lowest BCUT2D eigenvalue weighted by molar-refractivity contribution is 0.196. The van der Waals surface area contributed by atoms with Gasteiger partial charge >= 0.3 is 0 Å². The number of hydrogen-bond donors (Lipinski definition) is 2. The Kier molecular flexibility index (Phi) is 11.7. The lowest BCUT2D eigenvalue weighted by atomic mass is 10.0. The Morgan fingerprint density at radius 1 is 1.19 bits per heavy atom. The molecule has 1 fully saturated rings. The van der Waals surface area contributed by atoms with E-state index in [1.807, 2.05) is 25.4 Å². The number of rotatable bonds is 9. The minimum atomic E-state index is 0. The number of halogens is 1. The van der Waals surface area contributed by atoms with Crippen LogP contribution in [0.4, 0.5) is 0 Å². The van der Waals surface area contributed by atoms with Crippen molar-refractivity contribution < 1.29 is 4.74 Å². The number of likely N-dealkylation sites (tertiary alicyclic amines) is 1. The molecule has 2 aromatic rings. The summed E-state index contributed by atoms with van der Waals surface area (Å²) < 4.78 is 5.73. The zero-order valence-corrected chi connectivity index (χ0v) is 21.0. The molecule has 1 aliphatic heterocycles. The smallest absolute Gasteiger partial charge is 0.191 e. The normalized spacial score (nSPS) is 15.2. The van der Waals surface area contributed by atoms with Crippen LogP contribution in [0.25, 0.3) is 0 Å². The van der Waals surface area contributed by atoms with Gasteiger partial charge in [-0.05, 0) is 55.5 Å². The standard InChI is InChI=1S/C24H35N5O.HI/c1-3-17-30-23-9-6-7-20(18-23)10-14-27-24(25-2)28-21-11-15-29(16-12-21)19-22-8-4-5-13-26-22;/h4-9,13,18,21H,3,10-12,14-17,19H2,1-2H3,(H2,25,27,28);1H. The highest BCUT2D eigenvalue weighted by Crippen LogP contribution is 2.14. The van der Waals surface area contributed by atoms with Gasteiger partial charge in [0.2, 0.25) is 0 Å². The number of nitrogens with one attached hydrogen (secondary N) is 2. The summed E-state index contributed by atoms with van der Waals surface area (Å²) in [7, 11) is 1.84. The number of nitrogens with zero attached hydrogens (tertiary/aromatic N) is 3. The SMILES string of the molecule is CCCOc1cccc(CCNC(=NC)NC2CCN(Cc3ccccn3)CC2)c1.I. The highest BCUT2D eigenvalue weighted by molar-refractivity contribution is 14.0. The van der Waals surface area contributed by atoms with E-state index in [0.29, 0.717) is 6.04 Å². The largest absolute Gasteiger partial charge is 0.494 e. The molecule has 0 spiro atoms. The van der Waals surface area contributed by atoms with Crippen molar-refractivity contribution in [2.75, 3.05) is 33.3 Å². The number of aliphatic imine (C=N–C) groups is 1. The van der Waals surface area contributed by atoms with E-state index in [2.05, 4.69) is 62.8 Å². The van der Waals surface area contributed by atoms with Crippen LogP contribution in [-0.4, -0.2) is 55.2 Å². The van der Waals surface area contributed by atoms with E-state index in [0.717, 1.165) is 75.9 Å². The van der Waals surface area contributed by atoms with Crippen molar-refractivity contribution in [2.45, 2.75) is 45.2 Å². The third-order valence-corrected chi connectivity index (χ3v) is 5.34. The lowest BCUT2D eigenvalue weighted by Gasteiger charge is -2.32. The number of piperidine rings is 1. The Labute approximate surface area is 203 Å². The summed E-state index contributed by atoms with van der Waals surface area (Å²) in [4.78, 5) is 11.3. The molecule has 1 aliphatic rings. The van der Waals surface area contributed by atoms with Crippen LogP contribution >= 0.6 is 24.0 Å². The molecule has 2 N–H and O–H groups in total. The number of guanidine groups is 1. The van der Waals surface area contributed by atoms with Crippen molar-refractivity contribution in [2.24, 2.45) is 4.99 Å². The van der Waals surface area contributed by atoms with Gasteiger partial charge in [-0.2, -0.15) is 0 Å². The fourth-order valence-electron chi connectivity index (χ4n) is 3.68. The summed E-state index contributed by atoms with van der Waals surface area (Å²) in [5.74, 6) is 1.84. The van der Waals surface area contributed by atoms with Crippen molar-refractivity contribution in [1.29, 1.82) is 0 Å². The quantitative estimate of drug-likeness (QED) is 0.289. The number of ether oxygens (including phenoxy) is 1. The van der Waals surface area contributed by atoms with Crippen LogP contribution < -0.4 is 15.4 Å². The van der Waals surface area contributed by atoms with Gasteiger partial charge in [0.15, 0.2) is 5.96 Å². The average Bonchev–Trinajstić information content (AvgIpc) is 2.79. The monoisotopic (exact) mass is 537 g/mol. The first kappa shape index (κ1) is 25.4. The Balaban J connectivity index is 0.00000341. The van der Waals surface area contributed by atoms with Crippen LogP contribution in [0.5, 0.6) is 5.75 Å². The van der Waals surface area contributed by atoms with E-state index in [1.54, 1.807) is 0 Å². The van der Waals surface area contributed by atoms with Gasteiger partial charge in [0.1, 0.15) is 5.75 Å². The van der Waals surface area contributed by atoms with Gasteiger partial charge in [-0.25, -0.2) is 0 Å². The van der Waals surface area contributed by atoms with Gasteiger partial charge in [0.25, 0.3) is 0 Å². The van der Waals surface area contributed by atoms with Crippen molar-refractivity contribution in [3.63, 3.8) is 0 Å². The molecule has 3 rings (SSSR count). The molecule has 0 bridgehead atoms. The first-order valence-electron chi connectivity index (χ1n) is 11.1. The molecule has 0 unspecified atom stereocenters. The summed E-state index contributed by atoms with van der Waals surface area (Å²) >= 11 is 0. The predicted molar refractivity (Wildman–Crippen MR) is 138 cm³/mol. The Hall–Kier alpha value is -1.87. The topological polar surface area (TPSA) is 61.8 Å². The van der Waals surface area contributed by atoms with Crippen molar-refractivity contribution in [1.82, 2.24) is 20.5 Å². The van der Waals surface area contributed by atoms with Crippen LogP contribution in [0.1, 0.15) is 37.4 Å². The first-order valence-corrected chi connectivity index (χ1v) is 11.1. The summed E-state index contributed by atoms with van der Waals surface area (Å²) in [6, 6.07) is 14.9. The molecule has 0 atom stereocenters. The van der Waals surface area contributed by atoms with E-state index in [-0.39, 0.29) is 24.0 Å². The second kappa shape index (κ2) is 14.2. The van der Waals surface area contributed by atoms with Crippen LogP contribution in [-0.2, 0) is 13.0 Å². The highest BCUT2D eigenvalue weighted by Gasteiger charge is 2.20. The summed E-state index contributed by atoms with van der Waals surface area (Å²) in [6.07, 6.45) is 6.06. The molecule has 0 aliphatic carbocycles. The average molecular weight is 537 g/mol. The van der Waals surface area contributed by atoms with E-state index in [4.69, 9.17) is 4.74 Å². The lowest BCUT2D eigenvalue weighted by Crippen LogP contribution is -2.48. The van der Waals surface area contributed by atoms with Crippen molar-refractivity contribution in [3.8, 4) is 5.75 Å². The Morgan fingerprint density at radius 2 is 2.03 bits per heavy atom.